The number of rotatable bonds is 8. The van der Waals surface area contributed by atoms with Gasteiger partial charge in [0.05, 0.1) is 17.6 Å². The quantitative estimate of drug-likeness (QED) is 0.184. The van der Waals surface area contributed by atoms with Gasteiger partial charge in [-0.2, -0.15) is 0 Å². The average Bonchev–Trinajstić information content (AvgIpc) is 3.16. The molecule has 3 heterocycles. The SMILES string of the molecule is CCNC(=NCc1ccnc(N2CCCCC2)c1)NCCCn1c(C)nc2ccccc21.I. The van der Waals surface area contributed by atoms with Gasteiger partial charge in [0, 0.05) is 38.9 Å². The molecule has 3 aromatic rings. The van der Waals surface area contributed by atoms with E-state index in [-0.39, 0.29) is 24.0 Å². The summed E-state index contributed by atoms with van der Waals surface area (Å²) in [6, 6.07) is 12.6. The number of para-hydroxylation sites is 2. The molecule has 1 saturated heterocycles. The molecule has 0 atom stereocenters. The number of benzene rings is 1. The topological polar surface area (TPSA) is 70.4 Å². The number of hydrogen-bond acceptors (Lipinski definition) is 4. The number of anilines is 1. The summed E-state index contributed by atoms with van der Waals surface area (Å²) in [6.07, 6.45) is 6.75. The highest BCUT2D eigenvalue weighted by Crippen LogP contribution is 2.19. The van der Waals surface area contributed by atoms with Crippen molar-refractivity contribution in [3.63, 3.8) is 0 Å². The third-order valence-corrected chi connectivity index (χ3v) is 5.95. The standard InChI is InChI=1S/C25H35N7.HI/c1-3-26-25(28-13-9-17-32-20(2)30-22-10-5-6-11-23(22)32)29-19-21-12-14-27-24(18-21)31-15-7-4-8-16-31;/h5-6,10-12,14,18H,3-4,7-9,13,15-17,19H2,1-2H3,(H2,26,28,29);1H. The Morgan fingerprint density at radius 3 is 2.73 bits per heavy atom. The number of hydrogen-bond donors (Lipinski definition) is 2. The van der Waals surface area contributed by atoms with E-state index >= 15 is 0 Å². The first-order chi connectivity index (χ1) is 15.7. The minimum Gasteiger partial charge on any atom is -0.357 e. The smallest absolute Gasteiger partial charge is 0.191 e. The van der Waals surface area contributed by atoms with E-state index in [1.165, 1.54) is 30.3 Å². The van der Waals surface area contributed by atoms with E-state index in [9.17, 15) is 0 Å². The molecule has 8 heteroatoms. The summed E-state index contributed by atoms with van der Waals surface area (Å²) in [5, 5.41) is 6.84. The molecular formula is C25H36IN7. The molecule has 7 nitrogen and oxygen atoms in total. The monoisotopic (exact) mass is 561 g/mol. The van der Waals surface area contributed by atoms with Gasteiger partial charge in [-0.3, -0.25) is 0 Å². The lowest BCUT2D eigenvalue weighted by atomic mass is 10.1. The van der Waals surface area contributed by atoms with E-state index in [1.807, 2.05) is 12.3 Å². The van der Waals surface area contributed by atoms with Crippen LogP contribution in [-0.4, -0.2) is 46.7 Å². The molecule has 1 aliphatic heterocycles. The zero-order valence-corrected chi connectivity index (χ0v) is 22.1. The number of aliphatic imine (C=N–C) groups is 1. The van der Waals surface area contributed by atoms with Gasteiger partial charge < -0.3 is 20.1 Å². The number of pyridine rings is 1. The van der Waals surface area contributed by atoms with E-state index < -0.39 is 0 Å². The van der Waals surface area contributed by atoms with Crippen LogP contribution in [0.5, 0.6) is 0 Å². The maximum atomic E-state index is 4.80. The Morgan fingerprint density at radius 1 is 1.09 bits per heavy atom. The number of aromatic nitrogens is 3. The van der Waals surface area contributed by atoms with Crippen LogP contribution in [0.4, 0.5) is 5.82 Å². The van der Waals surface area contributed by atoms with E-state index in [1.54, 1.807) is 0 Å². The van der Waals surface area contributed by atoms with Crippen molar-refractivity contribution in [2.45, 2.75) is 52.6 Å². The van der Waals surface area contributed by atoms with Crippen LogP contribution in [-0.2, 0) is 13.1 Å². The average molecular weight is 562 g/mol. The summed E-state index contributed by atoms with van der Waals surface area (Å²) < 4.78 is 2.29. The number of fused-ring (bicyclic) bond motifs is 1. The van der Waals surface area contributed by atoms with Crippen molar-refractivity contribution in [2.24, 2.45) is 4.99 Å². The Labute approximate surface area is 214 Å². The minimum atomic E-state index is 0. The number of aryl methyl sites for hydroxylation is 2. The Bertz CT molecular complexity index is 1040. The molecule has 0 radical (unpaired) electrons. The van der Waals surface area contributed by atoms with Crippen LogP contribution in [0.3, 0.4) is 0 Å². The normalized spacial score (nSPS) is 14.2. The van der Waals surface area contributed by atoms with Gasteiger partial charge in [-0.05, 0) is 69.4 Å². The zero-order valence-electron chi connectivity index (χ0n) is 19.8. The van der Waals surface area contributed by atoms with Crippen LogP contribution in [0.25, 0.3) is 11.0 Å². The summed E-state index contributed by atoms with van der Waals surface area (Å²) in [5.74, 6) is 3.00. The molecule has 4 rings (SSSR count). The van der Waals surface area contributed by atoms with Gasteiger partial charge in [-0.25, -0.2) is 15.0 Å². The Morgan fingerprint density at radius 2 is 1.91 bits per heavy atom. The van der Waals surface area contributed by atoms with Gasteiger partial charge in [-0.1, -0.05) is 12.1 Å². The molecule has 0 aliphatic carbocycles. The Kier molecular flexibility index (Phi) is 9.77. The van der Waals surface area contributed by atoms with Crippen LogP contribution >= 0.6 is 24.0 Å². The zero-order chi connectivity index (χ0) is 22.2. The number of nitrogens with zero attached hydrogens (tertiary/aromatic N) is 5. The fraction of sp³-hybridized carbons (Fsp3) is 0.480. The second kappa shape index (κ2) is 12.8. The van der Waals surface area contributed by atoms with Crippen molar-refractivity contribution in [3.05, 3.63) is 54.0 Å². The van der Waals surface area contributed by atoms with Crippen molar-refractivity contribution >= 4 is 46.8 Å². The first-order valence-corrected chi connectivity index (χ1v) is 11.9. The highest BCUT2D eigenvalue weighted by atomic mass is 127. The molecule has 2 aromatic heterocycles. The summed E-state index contributed by atoms with van der Waals surface area (Å²) in [7, 11) is 0. The third-order valence-electron chi connectivity index (χ3n) is 5.95. The van der Waals surface area contributed by atoms with Crippen LogP contribution in [0, 0.1) is 6.92 Å². The van der Waals surface area contributed by atoms with Crippen LogP contribution in [0.2, 0.25) is 0 Å². The van der Waals surface area contributed by atoms with E-state index in [4.69, 9.17) is 4.99 Å². The molecule has 0 unspecified atom stereocenters. The van der Waals surface area contributed by atoms with E-state index in [0.717, 1.165) is 62.3 Å². The van der Waals surface area contributed by atoms with Gasteiger partial charge in [-0.15, -0.1) is 24.0 Å². The number of imidazole rings is 1. The maximum Gasteiger partial charge on any atom is 0.191 e. The van der Waals surface area contributed by atoms with Gasteiger partial charge in [0.1, 0.15) is 11.6 Å². The summed E-state index contributed by atoms with van der Waals surface area (Å²) in [6.45, 7) is 9.65. The molecule has 0 bridgehead atoms. The summed E-state index contributed by atoms with van der Waals surface area (Å²) in [4.78, 5) is 16.4. The van der Waals surface area contributed by atoms with E-state index in [0.29, 0.717) is 6.54 Å². The maximum absolute atomic E-state index is 4.80. The van der Waals surface area contributed by atoms with Gasteiger partial charge in [0.2, 0.25) is 0 Å². The third kappa shape index (κ3) is 6.82. The molecule has 33 heavy (non-hydrogen) atoms. The highest BCUT2D eigenvalue weighted by Gasteiger charge is 2.12. The second-order valence-corrected chi connectivity index (χ2v) is 8.34. The molecule has 0 amide bonds. The first kappa shape index (κ1) is 25.3. The molecule has 0 saturated carbocycles. The van der Waals surface area contributed by atoms with Crippen molar-refractivity contribution in [2.75, 3.05) is 31.1 Å². The number of nitrogens with one attached hydrogen (secondary N) is 2. The molecule has 1 aromatic carbocycles. The lowest BCUT2D eigenvalue weighted by Crippen LogP contribution is -2.38. The molecule has 1 fully saturated rings. The van der Waals surface area contributed by atoms with Crippen molar-refractivity contribution in [3.8, 4) is 0 Å². The van der Waals surface area contributed by atoms with Crippen molar-refractivity contribution < 1.29 is 0 Å². The predicted octanol–water partition coefficient (Wildman–Crippen LogP) is 4.49. The van der Waals surface area contributed by atoms with Gasteiger partial charge >= 0.3 is 0 Å². The van der Waals surface area contributed by atoms with Gasteiger partial charge in [0.15, 0.2) is 5.96 Å². The first-order valence-electron chi connectivity index (χ1n) is 11.9. The molecule has 0 spiro atoms. The largest absolute Gasteiger partial charge is 0.357 e. The fourth-order valence-electron chi connectivity index (χ4n) is 4.29. The molecule has 178 valence electrons. The molecule has 1 aliphatic rings. The van der Waals surface area contributed by atoms with Crippen LogP contribution in [0.15, 0.2) is 47.6 Å². The van der Waals surface area contributed by atoms with Gasteiger partial charge in [0.25, 0.3) is 0 Å². The lowest BCUT2D eigenvalue weighted by Gasteiger charge is -2.27. The number of piperidine rings is 1. The Balaban J connectivity index is 0.00000306. The van der Waals surface area contributed by atoms with Crippen molar-refractivity contribution in [1.82, 2.24) is 25.2 Å². The predicted molar refractivity (Wildman–Crippen MR) is 148 cm³/mol. The van der Waals surface area contributed by atoms with Crippen LogP contribution < -0.4 is 15.5 Å². The number of halogens is 1. The highest BCUT2D eigenvalue weighted by molar-refractivity contribution is 14.0. The summed E-state index contributed by atoms with van der Waals surface area (Å²) >= 11 is 0. The number of guanidine groups is 1. The lowest BCUT2D eigenvalue weighted by molar-refractivity contribution is 0.573. The fourth-order valence-corrected chi connectivity index (χ4v) is 4.29. The van der Waals surface area contributed by atoms with Crippen molar-refractivity contribution in [1.29, 1.82) is 0 Å². The van der Waals surface area contributed by atoms with E-state index in [2.05, 4.69) is 74.2 Å². The molecule has 2 N–H and O–H groups in total. The van der Waals surface area contributed by atoms with Crippen LogP contribution in [0.1, 0.15) is 44.0 Å². The minimum absolute atomic E-state index is 0. The molecular weight excluding hydrogens is 525 g/mol. The summed E-state index contributed by atoms with van der Waals surface area (Å²) in [5.41, 5.74) is 3.46. The second-order valence-electron chi connectivity index (χ2n) is 8.34. The Hall–Kier alpha value is -2.36.